The first-order chi connectivity index (χ1) is 10.8. The molecule has 0 unspecified atom stereocenters. The number of esters is 1. The predicted molar refractivity (Wildman–Crippen MR) is 86.4 cm³/mol. The van der Waals surface area contributed by atoms with E-state index in [4.69, 9.17) is 4.74 Å². The van der Waals surface area contributed by atoms with Gasteiger partial charge >= 0.3 is 5.97 Å². The summed E-state index contributed by atoms with van der Waals surface area (Å²) in [6.45, 7) is 2.51. The Morgan fingerprint density at radius 1 is 1.05 bits per heavy atom. The Hall–Kier alpha value is -2.13. The minimum Gasteiger partial charge on any atom is -0.469 e. The van der Waals surface area contributed by atoms with Gasteiger partial charge in [-0.25, -0.2) is 0 Å². The Labute approximate surface area is 131 Å². The molecule has 114 valence electrons. The minimum absolute atomic E-state index is 0.0869. The van der Waals surface area contributed by atoms with Gasteiger partial charge in [0.1, 0.15) is 0 Å². The molecule has 2 aromatic carbocycles. The summed E-state index contributed by atoms with van der Waals surface area (Å²) >= 11 is 0. The van der Waals surface area contributed by atoms with E-state index < -0.39 is 0 Å². The molecule has 3 heteroatoms. The summed E-state index contributed by atoms with van der Waals surface area (Å²) in [5, 5.41) is 0. The third-order valence-corrected chi connectivity index (χ3v) is 4.38. The lowest BCUT2D eigenvalue weighted by molar-refractivity contribution is -0.145. The second-order valence-electron chi connectivity index (χ2n) is 5.83. The zero-order chi connectivity index (χ0) is 15.4. The van der Waals surface area contributed by atoms with Crippen LogP contribution >= 0.6 is 0 Å². The average Bonchev–Trinajstić information content (AvgIpc) is 3.00. The number of likely N-dealkylation sites (tertiary alicyclic amines) is 1. The van der Waals surface area contributed by atoms with Crippen LogP contribution in [0.1, 0.15) is 17.0 Å². The quantitative estimate of drug-likeness (QED) is 0.812. The first kappa shape index (κ1) is 14.8. The van der Waals surface area contributed by atoms with Gasteiger partial charge in [0.15, 0.2) is 0 Å². The van der Waals surface area contributed by atoms with Gasteiger partial charge in [-0.05, 0) is 11.1 Å². The molecule has 0 radical (unpaired) electrons. The molecule has 1 aliphatic rings. The lowest BCUT2D eigenvalue weighted by Gasteiger charge is -2.16. The van der Waals surface area contributed by atoms with Crippen molar-refractivity contribution in [2.24, 2.45) is 5.92 Å². The molecule has 0 aliphatic carbocycles. The summed E-state index contributed by atoms with van der Waals surface area (Å²) in [4.78, 5) is 14.5. The maximum absolute atomic E-state index is 12.1. The third kappa shape index (κ3) is 3.20. The van der Waals surface area contributed by atoms with Crippen molar-refractivity contribution in [1.29, 1.82) is 0 Å². The zero-order valence-corrected chi connectivity index (χ0v) is 12.8. The molecule has 2 atom stereocenters. The summed E-state index contributed by atoms with van der Waals surface area (Å²) in [7, 11) is 1.48. The van der Waals surface area contributed by atoms with Crippen molar-refractivity contribution >= 4 is 5.97 Å². The molecule has 3 nitrogen and oxygen atoms in total. The fourth-order valence-corrected chi connectivity index (χ4v) is 3.28. The summed E-state index contributed by atoms with van der Waals surface area (Å²) in [5.41, 5.74) is 2.49. The van der Waals surface area contributed by atoms with Crippen LogP contribution in [0.2, 0.25) is 0 Å². The van der Waals surface area contributed by atoms with Crippen molar-refractivity contribution in [2.45, 2.75) is 12.5 Å². The number of hydrogen-bond donors (Lipinski definition) is 0. The predicted octanol–water partition coefficient (Wildman–Crippen LogP) is 3.08. The summed E-state index contributed by atoms with van der Waals surface area (Å²) in [5.74, 6) is 0.0119. The van der Waals surface area contributed by atoms with E-state index in [2.05, 4.69) is 41.3 Å². The number of carbonyl (C=O) groups is 1. The van der Waals surface area contributed by atoms with Gasteiger partial charge in [-0.1, -0.05) is 60.7 Å². The molecule has 1 aliphatic heterocycles. The molecular formula is C19H21NO2. The Morgan fingerprint density at radius 3 is 2.32 bits per heavy atom. The number of carbonyl (C=O) groups excluding carboxylic acids is 1. The Balaban J connectivity index is 1.78. The van der Waals surface area contributed by atoms with E-state index in [0.29, 0.717) is 0 Å². The molecule has 0 amide bonds. The first-order valence-corrected chi connectivity index (χ1v) is 7.67. The van der Waals surface area contributed by atoms with Gasteiger partial charge in [0.25, 0.3) is 0 Å². The van der Waals surface area contributed by atoms with Gasteiger partial charge in [0, 0.05) is 25.6 Å². The number of rotatable bonds is 4. The highest BCUT2D eigenvalue weighted by Crippen LogP contribution is 2.34. The van der Waals surface area contributed by atoms with Gasteiger partial charge in [0.05, 0.1) is 13.0 Å². The van der Waals surface area contributed by atoms with Crippen LogP contribution < -0.4 is 0 Å². The Morgan fingerprint density at radius 2 is 1.68 bits per heavy atom. The van der Waals surface area contributed by atoms with Crippen molar-refractivity contribution < 1.29 is 9.53 Å². The van der Waals surface area contributed by atoms with E-state index in [0.717, 1.165) is 19.6 Å². The maximum atomic E-state index is 12.1. The van der Waals surface area contributed by atoms with Gasteiger partial charge in [-0.2, -0.15) is 0 Å². The maximum Gasteiger partial charge on any atom is 0.310 e. The molecule has 1 saturated heterocycles. The van der Waals surface area contributed by atoms with Gasteiger partial charge in [-0.3, -0.25) is 9.69 Å². The van der Waals surface area contributed by atoms with Gasteiger partial charge < -0.3 is 4.74 Å². The van der Waals surface area contributed by atoms with E-state index in [1.807, 2.05) is 24.3 Å². The van der Waals surface area contributed by atoms with E-state index >= 15 is 0 Å². The van der Waals surface area contributed by atoms with Crippen LogP contribution in [0.5, 0.6) is 0 Å². The number of hydrogen-bond acceptors (Lipinski definition) is 3. The highest BCUT2D eigenvalue weighted by atomic mass is 16.5. The molecule has 1 fully saturated rings. The standard InChI is InChI=1S/C19H21NO2/c1-22-19(21)18-14-20(12-15-8-4-2-5-9-15)13-17(18)16-10-6-3-7-11-16/h2-11,17-18H,12-14H2,1H3/t17-,18+/m0/s1. The summed E-state index contributed by atoms with van der Waals surface area (Å²) < 4.78 is 5.02. The second kappa shape index (κ2) is 6.75. The van der Waals surface area contributed by atoms with Crippen molar-refractivity contribution in [3.8, 4) is 0 Å². The van der Waals surface area contributed by atoms with E-state index in [9.17, 15) is 4.79 Å². The van der Waals surface area contributed by atoms with Crippen molar-refractivity contribution in [1.82, 2.24) is 4.90 Å². The van der Waals surface area contributed by atoms with Crippen molar-refractivity contribution in [3.05, 3.63) is 71.8 Å². The Kier molecular flexibility index (Phi) is 4.54. The number of methoxy groups -OCH3 is 1. The molecular weight excluding hydrogens is 274 g/mol. The molecule has 2 aromatic rings. The monoisotopic (exact) mass is 295 g/mol. The SMILES string of the molecule is COC(=O)[C@@H]1CN(Cc2ccccc2)C[C@H]1c1ccccc1. The lowest BCUT2D eigenvalue weighted by atomic mass is 9.89. The van der Waals surface area contributed by atoms with Gasteiger partial charge in [-0.15, -0.1) is 0 Å². The highest BCUT2D eigenvalue weighted by Gasteiger charge is 2.38. The average molecular weight is 295 g/mol. The summed E-state index contributed by atoms with van der Waals surface area (Å²) in [6, 6.07) is 20.7. The van der Waals surface area contributed by atoms with E-state index in [-0.39, 0.29) is 17.8 Å². The topological polar surface area (TPSA) is 29.5 Å². The van der Waals surface area contributed by atoms with Crippen molar-refractivity contribution in [3.63, 3.8) is 0 Å². The van der Waals surface area contributed by atoms with Crippen LogP contribution in [0.4, 0.5) is 0 Å². The largest absolute Gasteiger partial charge is 0.469 e. The van der Waals surface area contributed by atoms with Crippen LogP contribution in [0.15, 0.2) is 60.7 Å². The summed E-state index contributed by atoms with van der Waals surface area (Å²) in [6.07, 6.45) is 0. The molecule has 3 rings (SSSR count). The van der Waals surface area contributed by atoms with Crippen LogP contribution in [-0.4, -0.2) is 31.1 Å². The molecule has 0 spiro atoms. The van der Waals surface area contributed by atoms with E-state index in [1.54, 1.807) is 0 Å². The number of ether oxygens (including phenoxy) is 1. The molecule has 0 bridgehead atoms. The fourth-order valence-electron chi connectivity index (χ4n) is 3.28. The number of benzene rings is 2. The fraction of sp³-hybridized carbons (Fsp3) is 0.316. The molecule has 0 N–H and O–H groups in total. The third-order valence-electron chi connectivity index (χ3n) is 4.38. The normalized spacial score (nSPS) is 21.7. The van der Waals surface area contributed by atoms with Gasteiger partial charge in [0.2, 0.25) is 0 Å². The van der Waals surface area contributed by atoms with Crippen LogP contribution in [0, 0.1) is 5.92 Å². The van der Waals surface area contributed by atoms with E-state index in [1.165, 1.54) is 18.2 Å². The van der Waals surface area contributed by atoms with Crippen LogP contribution in [0.25, 0.3) is 0 Å². The Bertz CT molecular complexity index is 612. The lowest BCUT2D eigenvalue weighted by Crippen LogP contribution is -2.24. The number of nitrogens with zero attached hydrogens (tertiary/aromatic N) is 1. The first-order valence-electron chi connectivity index (χ1n) is 7.67. The van der Waals surface area contributed by atoms with Crippen molar-refractivity contribution in [2.75, 3.05) is 20.2 Å². The smallest absolute Gasteiger partial charge is 0.310 e. The minimum atomic E-state index is -0.107. The molecule has 1 heterocycles. The van der Waals surface area contributed by atoms with Crippen LogP contribution in [0.3, 0.4) is 0 Å². The second-order valence-corrected chi connectivity index (χ2v) is 5.83. The molecule has 0 aromatic heterocycles. The molecule has 0 saturated carbocycles. The highest BCUT2D eigenvalue weighted by molar-refractivity contribution is 5.74. The zero-order valence-electron chi connectivity index (χ0n) is 12.8. The van der Waals surface area contributed by atoms with Crippen LogP contribution in [-0.2, 0) is 16.1 Å². The molecule has 22 heavy (non-hydrogen) atoms.